The summed E-state index contributed by atoms with van der Waals surface area (Å²) in [6.07, 6.45) is 1.00. The summed E-state index contributed by atoms with van der Waals surface area (Å²) < 4.78 is 0. The Hall–Kier alpha value is -0.670. The van der Waals surface area contributed by atoms with E-state index in [1.807, 2.05) is 19.1 Å². The van der Waals surface area contributed by atoms with Crippen LogP contribution in [-0.4, -0.2) is 16.9 Å². The van der Waals surface area contributed by atoms with E-state index in [1.165, 1.54) is 0 Å². The smallest absolute Gasteiger partial charge is 0.116 e. The average Bonchev–Trinajstić information content (AvgIpc) is 2.03. The molecule has 0 aliphatic heterocycles. The summed E-state index contributed by atoms with van der Waals surface area (Å²) in [5.74, 6) is 1.33. The van der Waals surface area contributed by atoms with Gasteiger partial charge in [-0.05, 0) is 37.3 Å². The molecule has 3 N–H and O–H groups in total. The maximum absolute atomic E-state index is 9.18. The second-order valence-electron chi connectivity index (χ2n) is 3.11. The molecule has 1 aromatic rings. The van der Waals surface area contributed by atoms with Gasteiger partial charge in [0, 0.05) is 10.9 Å². The largest absolute Gasteiger partial charge is 0.508 e. The molecule has 0 aliphatic carbocycles. The Morgan fingerprint density at radius 1 is 1.54 bits per heavy atom. The Labute approximate surface area is 83.1 Å². The number of hydrogen-bond acceptors (Lipinski definition) is 3. The number of phenols is 1. The predicted octanol–water partition coefficient (Wildman–Crippen LogP) is 2.22. The third-order valence-electron chi connectivity index (χ3n) is 1.66. The molecule has 0 fully saturated rings. The van der Waals surface area contributed by atoms with Crippen molar-refractivity contribution in [2.24, 2.45) is 5.73 Å². The van der Waals surface area contributed by atoms with E-state index in [-0.39, 0.29) is 6.04 Å². The van der Waals surface area contributed by atoms with Gasteiger partial charge < -0.3 is 10.8 Å². The van der Waals surface area contributed by atoms with E-state index in [0.29, 0.717) is 5.75 Å². The first-order chi connectivity index (χ1) is 6.18. The molecule has 3 heteroatoms. The minimum Gasteiger partial charge on any atom is -0.508 e. The van der Waals surface area contributed by atoms with Crippen LogP contribution in [0.5, 0.6) is 5.75 Å². The lowest BCUT2D eigenvalue weighted by molar-refractivity contribution is 0.474. The fourth-order valence-electron chi connectivity index (χ4n) is 0.936. The second kappa shape index (κ2) is 5.14. The molecule has 0 aliphatic rings. The number of thioether (sulfide) groups is 1. The highest BCUT2D eigenvalue weighted by Gasteiger charge is 1.97. The molecule has 0 saturated carbocycles. The molecule has 2 nitrogen and oxygen atoms in total. The summed E-state index contributed by atoms with van der Waals surface area (Å²) in [4.78, 5) is 1.10. The molecule has 72 valence electrons. The molecule has 13 heavy (non-hydrogen) atoms. The van der Waals surface area contributed by atoms with Gasteiger partial charge >= 0.3 is 0 Å². The van der Waals surface area contributed by atoms with Gasteiger partial charge in [0.05, 0.1) is 0 Å². The molecule has 0 saturated heterocycles. The van der Waals surface area contributed by atoms with Gasteiger partial charge in [-0.1, -0.05) is 6.07 Å². The number of nitrogens with two attached hydrogens (primary N) is 1. The van der Waals surface area contributed by atoms with Gasteiger partial charge in [0.15, 0.2) is 0 Å². The van der Waals surface area contributed by atoms with Crippen molar-refractivity contribution < 1.29 is 5.11 Å². The lowest BCUT2D eigenvalue weighted by Gasteiger charge is -2.04. The maximum atomic E-state index is 9.18. The van der Waals surface area contributed by atoms with Crippen LogP contribution in [0.25, 0.3) is 0 Å². The highest BCUT2D eigenvalue weighted by atomic mass is 32.2. The number of rotatable bonds is 4. The van der Waals surface area contributed by atoms with Crippen LogP contribution in [0.2, 0.25) is 0 Å². The van der Waals surface area contributed by atoms with Crippen LogP contribution in [-0.2, 0) is 0 Å². The first-order valence-corrected chi connectivity index (χ1v) is 5.34. The molecular weight excluding hydrogens is 182 g/mol. The standard InChI is InChI=1S/C10H15NOS/c1-8(11)5-6-13-10-4-2-3-9(12)7-10/h2-4,7-8,12H,5-6,11H2,1H3. The van der Waals surface area contributed by atoms with Gasteiger partial charge in [-0.2, -0.15) is 0 Å². The van der Waals surface area contributed by atoms with Crippen molar-refractivity contribution in [3.8, 4) is 5.75 Å². The van der Waals surface area contributed by atoms with E-state index in [9.17, 15) is 5.11 Å². The predicted molar refractivity (Wildman–Crippen MR) is 57.1 cm³/mol. The first-order valence-electron chi connectivity index (χ1n) is 4.36. The minimum atomic E-state index is 0.254. The van der Waals surface area contributed by atoms with Crippen LogP contribution in [0.15, 0.2) is 29.2 Å². The molecular formula is C10H15NOS. The molecule has 1 atom stereocenters. The second-order valence-corrected chi connectivity index (χ2v) is 4.28. The zero-order chi connectivity index (χ0) is 9.68. The topological polar surface area (TPSA) is 46.2 Å². The number of phenolic OH excluding ortho intramolecular Hbond substituents is 1. The molecule has 1 rings (SSSR count). The fourth-order valence-corrected chi connectivity index (χ4v) is 2.04. The Morgan fingerprint density at radius 3 is 2.92 bits per heavy atom. The van der Waals surface area contributed by atoms with Crippen molar-refractivity contribution in [2.45, 2.75) is 24.3 Å². The van der Waals surface area contributed by atoms with Crippen LogP contribution >= 0.6 is 11.8 Å². The molecule has 1 aromatic carbocycles. The molecule has 0 aromatic heterocycles. The Kier molecular flexibility index (Phi) is 4.12. The van der Waals surface area contributed by atoms with E-state index in [0.717, 1.165) is 17.1 Å². The number of aromatic hydroxyl groups is 1. The lowest BCUT2D eigenvalue weighted by Crippen LogP contribution is -2.15. The Morgan fingerprint density at radius 2 is 2.31 bits per heavy atom. The van der Waals surface area contributed by atoms with Gasteiger partial charge in [-0.25, -0.2) is 0 Å². The normalized spacial score (nSPS) is 12.8. The Bertz CT molecular complexity index is 263. The van der Waals surface area contributed by atoms with Crippen molar-refractivity contribution >= 4 is 11.8 Å². The molecule has 1 unspecified atom stereocenters. The monoisotopic (exact) mass is 197 g/mol. The fraction of sp³-hybridized carbons (Fsp3) is 0.400. The van der Waals surface area contributed by atoms with Gasteiger partial charge in [0.2, 0.25) is 0 Å². The summed E-state index contributed by atoms with van der Waals surface area (Å²) in [5, 5.41) is 9.18. The van der Waals surface area contributed by atoms with E-state index < -0.39 is 0 Å². The summed E-state index contributed by atoms with van der Waals surface area (Å²) in [6, 6.07) is 7.54. The van der Waals surface area contributed by atoms with Crippen molar-refractivity contribution in [1.82, 2.24) is 0 Å². The average molecular weight is 197 g/mol. The summed E-state index contributed by atoms with van der Waals surface area (Å²) in [6.45, 7) is 2.00. The van der Waals surface area contributed by atoms with E-state index in [2.05, 4.69) is 0 Å². The van der Waals surface area contributed by atoms with Crippen molar-refractivity contribution in [3.63, 3.8) is 0 Å². The summed E-state index contributed by atoms with van der Waals surface area (Å²) >= 11 is 1.72. The zero-order valence-corrected chi connectivity index (χ0v) is 8.55. The number of benzene rings is 1. The molecule has 0 heterocycles. The molecule has 0 spiro atoms. The molecule has 0 amide bonds. The number of hydrogen-bond donors (Lipinski definition) is 2. The SMILES string of the molecule is CC(N)CCSc1cccc(O)c1. The van der Waals surface area contributed by atoms with Gasteiger partial charge in [-0.15, -0.1) is 11.8 Å². The van der Waals surface area contributed by atoms with Crippen LogP contribution in [0.4, 0.5) is 0 Å². The van der Waals surface area contributed by atoms with Crippen LogP contribution in [0.3, 0.4) is 0 Å². The quantitative estimate of drug-likeness (QED) is 0.727. The van der Waals surface area contributed by atoms with Gasteiger partial charge in [0.1, 0.15) is 5.75 Å². The van der Waals surface area contributed by atoms with Crippen LogP contribution < -0.4 is 5.73 Å². The van der Waals surface area contributed by atoms with Crippen molar-refractivity contribution in [1.29, 1.82) is 0 Å². The van der Waals surface area contributed by atoms with E-state index in [4.69, 9.17) is 5.73 Å². The summed E-state index contributed by atoms with van der Waals surface area (Å²) in [5.41, 5.74) is 5.62. The third-order valence-corrected chi connectivity index (χ3v) is 2.69. The minimum absolute atomic E-state index is 0.254. The molecule has 0 radical (unpaired) electrons. The maximum Gasteiger partial charge on any atom is 0.116 e. The lowest BCUT2D eigenvalue weighted by atomic mass is 10.3. The van der Waals surface area contributed by atoms with Crippen LogP contribution in [0, 0.1) is 0 Å². The highest BCUT2D eigenvalue weighted by Crippen LogP contribution is 2.22. The van der Waals surface area contributed by atoms with Gasteiger partial charge in [0.25, 0.3) is 0 Å². The Balaban J connectivity index is 2.37. The first kappa shape index (κ1) is 10.4. The van der Waals surface area contributed by atoms with Crippen LogP contribution in [0.1, 0.15) is 13.3 Å². The zero-order valence-electron chi connectivity index (χ0n) is 7.73. The summed E-state index contributed by atoms with van der Waals surface area (Å²) in [7, 11) is 0. The van der Waals surface area contributed by atoms with Crippen molar-refractivity contribution in [2.75, 3.05) is 5.75 Å². The van der Waals surface area contributed by atoms with Gasteiger partial charge in [-0.3, -0.25) is 0 Å². The highest BCUT2D eigenvalue weighted by molar-refractivity contribution is 7.99. The van der Waals surface area contributed by atoms with E-state index >= 15 is 0 Å². The van der Waals surface area contributed by atoms with Crippen molar-refractivity contribution in [3.05, 3.63) is 24.3 Å². The van der Waals surface area contributed by atoms with E-state index in [1.54, 1.807) is 23.9 Å². The third kappa shape index (κ3) is 4.20. The molecule has 0 bridgehead atoms.